The van der Waals surface area contributed by atoms with E-state index < -0.39 is 0 Å². The maximum Gasteiger partial charge on any atom is 0.130 e. The SMILES string of the molecule is CC(=O)CC(C)Cc1cccnc1. The summed E-state index contributed by atoms with van der Waals surface area (Å²) in [5.74, 6) is 0.679. The second-order valence-electron chi connectivity index (χ2n) is 3.58. The van der Waals surface area contributed by atoms with Crippen LogP contribution in [-0.4, -0.2) is 10.8 Å². The minimum absolute atomic E-state index is 0.261. The summed E-state index contributed by atoms with van der Waals surface area (Å²) in [6.07, 6.45) is 5.22. The number of hydrogen-bond donors (Lipinski definition) is 0. The molecule has 0 aromatic carbocycles. The number of rotatable bonds is 4. The summed E-state index contributed by atoms with van der Waals surface area (Å²) in [7, 11) is 0. The molecule has 2 nitrogen and oxygen atoms in total. The third kappa shape index (κ3) is 3.83. The van der Waals surface area contributed by atoms with Gasteiger partial charge in [-0.2, -0.15) is 0 Å². The monoisotopic (exact) mass is 177 g/mol. The maximum atomic E-state index is 10.8. The van der Waals surface area contributed by atoms with E-state index in [4.69, 9.17) is 0 Å². The molecule has 0 aliphatic carbocycles. The Balaban J connectivity index is 2.45. The largest absolute Gasteiger partial charge is 0.300 e. The van der Waals surface area contributed by atoms with Gasteiger partial charge in [0, 0.05) is 18.8 Å². The first-order valence-corrected chi connectivity index (χ1v) is 4.57. The highest BCUT2D eigenvalue weighted by Gasteiger charge is 2.05. The fraction of sp³-hybridized carbons (Fsp3) is 0.455. The van der Waals surface area contributed by atoms with Crippen molar-refractivity contribution in [1.82, 2.24) is 4.98 Å². The Hall–Kier alpha value is -1.18. The summed E-state index contributed by atoms with van der Waals surface area (Å²) in [5.41, 5.74) is 1.20. The molecule has 0 amide bonds. The Bertz CT molecular complexity index is 269. The van der Waals surface area contributed by atoms with Crippen molar-refractivity contribution in [2.24, 2.45) is 5.92 Å². The molecular formula is C11H15NO. The lowest BCUT2D eigenvalue weighted by Gasteiger charge is -2.08. The van der Waals surface area contributed by atoms with Gasteiger partial charge < -0.3 is 4.79 Å². The van der Waals surface area contributed by atoms with E-state index in [0.29, 0.717) is 12.3 Å². The van der Waals surface area contributed by atoms with Crippen LogP contribution in [0.3, 0.4) is 0 Å². The Morgan fingerprint density at radius 1 is 1.62 bits per heavy atom. The molecule has 0 fully saturated rings. The van der Waals surface area contributed by atoms with E-state index in [9.17, 15) is 4.79 Å². The van der Waals surface area contributed by atoms with Crippen molar-refractivity contribution in [2.75, 3.05) is 0 Å². The van der Waals surface area contributed by atoms with Gasteiger partial charge in [0.05, 0.1) is 0 Å². The molecule has 13 heavy (non-hydrogen) atoms. The summed E-state index contributed by atoms with van der Waals surface area (Å²) >= 11 is 0. The molecule has 70 valence electrons. The zero-order valence-corrected chi connectivity index (χ0v) is 8.16. The fourth-order valence-corrected chi connectivity index (χ4v) is 1.48. The molecule has 2 heteroatoms. The van der Waals surface area contributed by atoms with Crippen molar-refractivity contribution >= 4 is 5.78 Å². The molecule has 0 aliphatic rings. The van der Waals surface area contributed by atoms with Crippen LogP contribution in [0.5, 0.6) is 0 Å². The Kier molecular flexibility index (Phi) is 3.62. The van der Waals surface area contributed by atoms with Crippen molar-refractivity contribution in [2.45, 2.75) is 26.7 Å². The Morgan fingerprint density at radius 3 is 2.92 bits per heavy atom. The lowest BCUT2D eigenvalue weighted by atomic mass is 9.98. The predicted molar refractivity (Wildman–Crippen MR) is 52.4 cm³/mol. The van der Waals surface area contributed by atoms with E-state index in [1.807, 2.05) is 18.3 Å². The fourth-order valence-electron chi connectivity index (χ4n) is 1.48. The van der Waals surface area contributed by atoms with Crippen LogP contribution in [0.15, 0.2) is 24.5 Å². The highest BCUT2D eigenvalue weighted by molar-refractivity contribution is 5.75. The van der Waals surface area contributed by atoms with Gasteiger partial charge in [0.2, 0.25) is 0 Å². The van der Waals surface area contributed by atoms with Crippen LogP contribution in [0.2, 0.25) is 0 Å². The van der Waals surface area contributed by atoms with Gasteiger partial charge in [0.1, 0.15) is 5.78 Å². The van der Waals surface area contributed by atoms with Gasteiger partial charge in [-0.05, 0) is 30.9 Å². The molecule has 1 aromatic heterocycles. The number of carbonyl (C=O) groups is 1. The lowest BCUT2D eigenvalue weighted by Crippen LogP contribution is -2.05. The van der Waals surface area contributed by atoms with Crippen LogP contribution in [0.25, 0.3) is 0 Å². The van der Waals surface area contributed by atoms with Crippen LogP contribution < -0.4 is 0 Å². The number of nitrogens with zero attached hydrogens (tertiary/aromatic N) is 1. The molecule has 0 radical (unpaired) electrons. The molecule has 0 aliphatic heterocycles. The molecule has 1 atom stereocenters. The highest BCUT2D eigenvalue weighted by Crippen LogP contribution is 2.10. The Morgan fingerprint density at radius 2 is 2.38 bits per heavy atom. The van der Waals surface area contributed by atoms with E-state index >= 15 is 0 Å². The van der Waals surface area contributed by atoms with E-state index in [1.54, 1.807) is 13.1 Å². The zero-order valence-electron chi connectivity index (χ0n) is 8.16. The molecule has 0 spiro atoms. The minimum atomic E-state index is 0.261. The summed E-state index contributed by atoms with van der Waals surface area (Å²) < 4.78 is 0. The third-order valence-electron chi connectivity index (χ3n) is 1.94. The van der Waals surface area contributed by atoms with E-state index in [0.717, 1.165) is 6.42 Å². The quantitative estimate of drug-likeness (QED) is 0.706. The van der Waals surface area contributed by atoms with E-state index in [-0.39, 0.29) is 5.78 Å². The first-order chi connectivity index (χ1) is 6.18. The summed E-state index contributed by atoms with van der Waals surface area (Å²) in [5, 5.41) is 0. The second kappa shape index (κ2) is 4.75. The number of hydrogen-bond acceptors (Lipinski definition) is 2. The average molecular weight is 177 g/mol. The van der Waals surface area contributed by atoms with Crippen LogP contribution >= 0.6 is 0 Å². The van der Waals surface area contributed by atoms with Crippen molar-refractivity contribution in [1.29, 1.82) is 0 Å². The van der Waals surface area contributed by atoms with Crippen LogP contribution in [0.4, 0.5) is 0 Å². The van der Waals surface area contributed by atoms with Gasteiger partial charge in [-0.25, -0.2) is 0 Å². The topological polar surface area (TPSA) is 30.0 Å². The van der Waals surface area contributed by atoms with Gasteiger partial charge in [-0.1, -0.05) is 13.0 Å². The van der Waals surface area contributed by atoms with Gasteiger partial charge in [-0.15, -0.1) is 0 Å². The third-order valence-corrected chi connectivity index (χ3v) is 1.94. The van der Waals surface area contributed by atoms with Crippen molar-refractivity contribution in [3.05, 3.63) is 30.1 Å². The number of pyridine rings is 1. The van der Waals surface area contributed by atoms with Crippen molar-refractivity contribution in [3.8, 4) is 0 Å². The highest BCUT2D eigenvalue weighted by atomic mass is 16.1. The van der Waals surface area contributed by atoms with Crippen LogP contribution in [0.1, 0.15) is 25.8 Å². The van der Waals surface area contributed by atoms with Gasteiger partial charge >= 0.3 is 0 Å². The van der Waals surface area contributed by atoms with E-state index in [2.05, 4.69) is 11.9 Å². The molecule has 0 N–H and O–H groups in total. The number of ketones is 1. The summed E-state index contributed by atoms with van der Waals surface area (Å²) in [6.45, 7) is 3.73. The number of Topliss-reactive ketones (excluding diaryl/α,β-unsaturated/α-hetero) is 1. The smallest absolute Gasteiger partial charge is 0.130 e. The molecule has 1 aromatic rings. The molecule has 0 saturated carbocycles. The lowest BCUT2D eigenvalue weighted by molar-refractivity contribution is -0.117. The Labute approximate surface area is 79.0 Å². The summed E-state index contributed by atoms with van der Waals surface area (Å²) in [4.78, 5) is 14.9. The molecule has 0 saturated heterocycles. The number of carbonyl (C=O) groups excluding carboxylic acids is 1. The standard InChI is InChI=1S/C11H15NO/c1-9(6-10(2)13)7-11-4-3-5-12-8-11/h3-5,8-9H,6-7H2,1-2H3. The van der Waals surface area contributed by atoms with Gasteiger partial charge in [-0.3, -0.25) is 4.98 Å². The summed E-state index contributed by atoms with van der Waals surface area (Å²) in [6, 6.07) is 3.97. The zero-order chi connectivity index (χ0) is 9.68. The molecule has 1 unspecified atom stereocenters. The predicted octanol–water partition coefficient (Wildman–Crippen LogP) is 2.24. The van der Waals surface area contributed by atoms with Gasteiger partial charge in [0.25, 0.3) is 0 Å². The second-order valence-corrected chi connectivity index (χ2v) is 3.58. The first-order valence-electron chi connectivity index (χ1n) is 4.57. The van der Waals surface area contributed by atoms with E-state index in [1.165, 1.54) is 5.56 Å². The normalized spacial score (nSPS) is 12.5. The first kappa shape index (κ1) is 9.90. The van der Waals surface area contributed by atoms with Crippen molar-refractivity contribution < 1.29 is 4.79 Å². The van der Waals surface area contributed by atoms with Crippen LogP contribution in [-0.2, 0) is 11.2 Å². The molecular weight excluding hydrogens is 162 g/mol. The molecule has 1 heterocycles. The molecule has 1 rings (SSSR count). The molecule has 0 bridgehead atoms. The maximum absolute atomic E-state index is 10.8. The van der Waals surface area contributed by atoms with Crippen molar-refractivity contribution in [3.63, 3.8) is 0 Å². The number of aromatic nitrogens is 1. The average Bonchev–Trinajstić information content (AvgIpc) is 2.04. The van der Waals surface area contributed by atoms with Crippen LogP contribution in [0, 0.1) is 5.92 Å². The minimum Gasteiger partial charge on any atom is -0.300 e. The van der Waals surface area contributed by atoms with Gasteiger partial charge in [0.15, 0.2) is 0 Å².